The monoisotopic (exact) mass is 514 g/mol. The number of carbonyl (C=O) groups excluding carboxylic acids is 1. The molecule has 0 spiro atoms. The number of likely N-dealkylation sites (tertiary alicyclic amines) is 1. The number of hydrogen-bond acceptors (Lipinski definition) is 7. The molecular formula is C26H30N2O5S2. The molecular weight excluding hydrogens is 484 g/mol. The van der Waals surface area contributed by atoms with Crippen molar-refractivity contribution in [2.24, 2.45) is 0 Å². The lowest BCUT2D eigenvalue weighted by molar-refractivity contribution is -0.202. The van der Waals surface area contributed by atoms with E-state index in [1.807, 2.05) is 35.2 Å². The van der Waals surface area contributed by atoms with E-state index >= 15 is 0 Å². The molecule has 0 bridgehead atoms. The van der Waals surface area contributed by atoms with E-state index in [9.17, 15) is 13.2 Å². The largest absolute Gasteiger partial charge is 0.350 e. The van der Waals surface area contributed by atoms with Crippen molar-refractivity contribution >= 4 is 27.5 Å². The lowest BCUT2D eigenvalue weighted by Gasteiger charge is -2.39. The number of benzene rings is 2. The van der Waals surface area contributed by atoms with Crippen LogP contribution in [0.2, 0.25) is 0 Å². The first kappa shape index (κ1) is 25.7. The van der Waals surface area contributed by atoms with Gasteiger partial charge in [0.15, 0.2) is 20.9 Å². The number of ether oxygens (including phenoxy) is 1. The second-order valence-electron chi connectivity index (χ2n) is 8.71. The molecule has 0 aliphatic carbocycles. The molecule has 4 rings (SSSR count). The van der Waals surface area contributed by atoms with Crippen LogP contribution >= 0.6 is 11.8 Å². The zero-order valence-corrected chi connectivity index (χ0v) is 21.2. The summed E-state index contributed by atoms with van der Waals surface area (Å²) in [6, 6.07) is 16.6. The maximum Gasteiger partial charge on any atom is 0.265 e. The minimum Gasteiger partial charge on any atom is -0.350 e. The van der Waals surface area contributed by atoms with Gasteiger partial charge in [-0.15, -0.1) is 6.42 Å². The van der Waals surface area contributed by atoms with Crippen LogP contribution in [-0.4, -0.2) is 56.5 Å². The molecule has 35 heavy (non-hydrogen) atoms. The van der Waals surface area contributed by atoms with Gasteiger partial charge in [-0.1, -0.05) is 35.9 Å². The molecule has 1 amide bonds. The topological polar surface area (TPSA) is 84.9 Å². The Balaban J connectivity index is 1.55. The molecule has 1 atom stereocenters. The minimum absolute atomic E-state index is 0.115. The highest BCUT2D eigenvalue weighted by atomic mass is 32.2. The van der Waals surface area contributed by atoms with Crippen molar-refractivity contribution in [2.75, 3.05) is 26.2 Å². The SMILES string of the molecule is C#CCN1CCC(C(=O)NOC2CCCCO2)(S(=O)(=O)c2ccc(Sc3ccccc3)cc2)CC1. The molecule has 1 N–H and O–H groups in total. The Morgan fingerprint density at radius 2 is 1.80 bits per heavy atom. The summed E-state index contributed by atoms with van der Waals surface area (Å²) in [5.74, 6) is 1.93. The normalized spacial score (nSPS) is 20.6. The number of hydrogen-bond donors (Lipinski definition) is 1. The number of rotatable bonds is 8. The molecule has 2 aliphatic heterocycles. The van der Waals surface area contributed by atoms with E-state index < -0.39 is 26.8 Å². The summed E-state index contributed by atoms with van der Waals surface area (Å²) in [5.41, 5.74) is 2.42. The number of nitrogens with one attached hydrogen (secondary N) is 1. The molecule has 9 heteroatoms. The highest BCUT2D eigenvalue weighted by Gasteiger charge is 2.53. The Labute approximate surface area is 211 Å². The molecule has 2 fully saturated rings. The predicted molar refractivity (Wildman–Crippen MR) is 134 cm³/mol. The molecule has 1 unspecified atom stereocenters. The summed E-state index contributed by atoms with van der Waals surface area (Å²) in [6.07, 6.45) is 7.64. The van der Waals surface area contributed by atoms with Crippen LogP contribution in [-0.2, 0) is 24.2 Å². The summed E-state index contributed by atoms with van der Waals surface area (Å²) < 4.78 is 31.7. The van der Waals surface area contributed by atoms with Crippen LogP contribution in [0.25, 0.3) is 0 Å². The van der Waals surface area contributed by atoms with Crippen molar-refractivity contribution < 1.29 is 22.8 Å². The van der Waals surface area contributed by atoms with Crippen molar-refractivity contribution in [3.8, 4) is 12.3 Å². The highest BCUT2D eigenvalue weighted by molar-refractivity contribution is 7.99. The zero-order valence-electron chi connectivity index (χ0n) is 19.5. The molecule has 7 nitrogen and oxygen atoms in total. The number of hydroxylamine groups is 1. The number of terminal acetylenes is 1. The number of sulfone groups is 1. The van der Waals surface area contributed by atoms with E-state index in [1.165, 1.54) is 0 Å². The van der Waals surface area contributed by atoms with E-state index in [4.69, 9.17) is 16.0 Å². The van der Waals surface area contributed by atoms with Gasteiger partial charge < -0.3 is 4.74 Å². The second kappa shape index (κ2) is 11.6. The summed E-state index contributed by atoms with van der Waals surface area (Å²) in [6.45, 7) is 1.77. The number of amides is 1. The maximum absolute atomic E-state index is 13.9. The van der Waals surface area contributed by atoms with Crippen molar-refractivity contribution in [1.82, 2.24) is 10.4 Å². The summed E-state index contributed by atoms with van der Waals surface area (Å²) in [5, 5.41) is 0. The fourth-order valence-corrected chi connectivity index (χ4v) is 7.16. The van der Waals surface area contributed by atoms with Gasteiger partial charge in [0, 0.05) is 35.9 Å². The predicted octanol–water partition coefficient (Wildman–Crippen LogP) is 3.65. The highest BCUT2D eigenvalue weighted by Crippen LogP contribution is 2.37. The molecule has 2 aromatic rings. The van der Waals surface area contributed by atoms with Gasteiger partial charge >= 0.3 is 0 Å². The molecule has 2 aromatic carbocycles. The van der Waals surface area contributed by atoms with E-state index in [0.29, 0.717) is 32.7 Å². The average Bonchev–Trinajstić information content (AvgIpc) is 2.89. The summed E-state index contributed by atoms with van der Waals surface area (Å²) in [7, 11) is -4.02. The van der Waals surface area contributed by atoms with Crippen molar-refractivity contribution in [3.63, 3.8) is 0 Å². The van der Waals surface area contributed by atoms with E-state index in [1.54, 1.807) is 36.0 Å². The average molecular weight is 515 g/mol. The van der Waals surface area contributed by atoms with Gasteiger partial charge in [0.1, 0.15) is 0 Å². The first-order valence-corrected chi connectivity index (χ1v) is 14.1. The molecule has 2 heterocycles. The zero-order chi connectivity index (χ0) is 24.7. The van der Waals surface area contributed by atoms with Crippen molar-refractivity contribution in [2.45, 2.75) is 57.8 Å². The Morgan fingerprint density at radius 1 is 1.11 bits per heavy atom. The maximum atomic E-state index is 13.9. The molecule has 2 aliphatic rings. The first-order chi connectivity index (χ1) is 16.9. The molecule has 186 valence electrons. The second-order valence-corrected chi connectivity index (χ2v) is 12.1. The minimum atomic E-state index is -4.02. The fourth-order valence-electron chi connectivity index (χ4n) is 4.37. The third-order valence-electron chi connectivity index (χ3n) is 6.44. The van der Waals surface area contributed by atoms with E-state index in [-0.39, 0.29) is 17.7 Å². The van der Waals surface area contributed by atoms with Crippen molar-refractivity contribution in [1.29, 1.82) is 0 Å². The van der Waals surface area contributed by atoms with Gasteiger partial charge in [0.2, 0.25) is 0 Å². The Bertz CT molecular complexity index is 1130. The summed E-state index contributed by atoms with van der Waals surface area (Å²) >= 11 is 1.54. The third-order valence-corrected chi connectivity index (χ3v) is 9.97. The summed E-state index contributed by atoms with van der Waals surface area (Å²) in [4.78, 5) is 23.0. The number of piperidine rings is 1. The Kier molecular flexibility index (Phi) is 8.52. The van der Waals surface area contributed by atoms with Gasteiger partial charge in [-0.3, -0.25) is 9.69 Å². The molecule has 2 saturated heterocycles. The number of carbonyl (C=O) groups is 1. The smallest absolute Gasteiger partial charge is 0.265 e. The van der Waals surface area contributed by atoms with Crippen LogP contribution in [0.4, 0.5) is 0 Å². The van der Waals surface area contributed by atoms with Crippen LogP contribution in [0.5, 0.6) is 0 Å². The van der Waals surface area contributed by atoms with Crippen LogP contribution in [0.15, 0.2) is 69.3 Å². The van der Waals surface area contributed by atoms with Gasteiger partial charge in [0.05, 0.1) is 11.4 Å². The quantitative estimate of drug-likeness (QED) is 0.425. The molecule has 0 aromatic heterocycles. The fraction of sp³-hybridized carbons (Fsp3) is 0.423. The van der Waals surface area contributed by atoms with Crippen LogP contribution < -0.4 is 5.48 Å². The first-order valence-electron chi connectivity index (χ1n) is 11.8. The Hall–Kier alpha value is -2.35. The molecule has 0 radical (unpaired) electrons. The van der Waals surface area contributed by atoms with Crippen LogP contribution in [0.3, 0.4) is 0 Å². The van der Waals surface area contributed by atoms with Gasteiger partial charge in [-0.2, -0.15) is 0 Å². The van der Waals surface area contributed by atoms with Gasteiger partial charge in [-0.25, -0.2) is 18.7 Å². The van der Waals surface area contributed by atoms with Crippen LogP contribution in [0.1, 0.15) is 32.1 Å². The van der Waals surface area contributed by atoms with Gasteiger partial charge in [-0.05, 0) is 62.1 Å². The lowest BCUT2D eigenvalue weighted by atomic mass is 9.95. The standard InChI is InChI=1S/C26H30N2O5S2/c1-2-17-28-18-15-26(16-19-28,25(29)27-33-24-10-6-7-20-32-24)35(30,31)23-13-11-22(12-14-23)34-21-8-4-3-5-9-21/h1,3-5,8-9,11-14,24H,6-7,10,15-20H2,(H,27,29). The third kappa shape index (κ3) is 5.90. The van der Waals surface area contributed by atoms with E-state index in [2.05, 4.69) is 11.4 Å². The number of nitrogens with zero attached hydrogens (tertiary/aromatic N) is 1. The molecule has 0 saturated carbocycles. The lowest BCUT2D eigenvalue weighted by Crippen LogP contribution is -2.58. The Morgan fingerprint density at radius 3 is 2.43 bits per heavy atom. The van der Waals surface area contributed by atoms with E-state index in [0.717, 1.165) is 22.6 Å². The van der Waals surface area contributed by atoms with Crippen molar-refractivity contribution in [3.05, 3.63) is 54.6 Å². The van der Waals surface area contributed by atoms with Gasteiger partial charge in [0.25, 0.3) is 5.91 Å². The van der Waals surface area contributed by atoms with Crippen LogP contribution in [0, 0.1) is 12.3 Å².